The minimum Gasteiger partial charge on any atom is -0.339 e. The van der Waals surface area contributed by atoms with E-state index in [2.05, 4.69) is 5.32 Å². The van der Waals surface area contributed by atoms with Crippen LogP contribution < -0.4 is 5.32 Å². The Morgan fingerprint density at radius 1 is 1.26 bits per heavy atom. The molecule has 2 saturated heterocycles. The van der Waals surface area contributed by atoms with Gasteiger partial charge in [-0.2, -0.15) is 4.31 Å². The van der Waals surface area contributed by atoms with Gasteiger partial charge in [-0.3, -0.25) is 4.79 Å². The molecule has 0 aromatic carbocycles. The summed E-state index contributed by atoms with van der Waals surface area (Å²) >= 11 is 0. The molecule has 0 saturated carbocycles. The second kappa shape index (κ2) is 6.19. The fraction of sp³-hybridized carbons (Fsp3) is 0.917. The van der Waals surface area contributed by atoms with Crippen molar-refractivity contribution in [2.45, 2.75) is 32.2 Å². The molecule has 2 heterocycles. The Morgan fingerprint density at radius 2 is 1.95 bits per heavy atom. The van der Waals surface area contributed by atoms with Gasteiger partial charge in [-0.15, -0.1) is 0 Å². The second-order valence-electron chi connectivity index (χ2n) is 5.19. The highest BCUT2D eigenvalue weighted by Gasteiger charge is 2.32. The van der Waals surface area contributed by atoms with Crippen LogP contribution in [0.3, 0.4) is 0 Å². The van der Waals surface area contributed by atoms with E-state index in [1.165, 1.54) is 4.31 Å². The molecule has 0 aromatic rings. The maximum Gasteiger partial charge on any atom is 0.239 e. The van der Waals surface area contributed by atoms with E-state index >= 15 is 0 Å². The zero-order valence-corrected chi connectivity index (χ0v) is 12.3. The highest BCUT2D eigenvalue weighted by molar-refractivity contribution is 7.89. The first-order chi connectivity index (χ1) is 9.04. The van der Waals surface area contributed by atoms with Crippen LogP contribution in [-0.4, -0.2) is 68.0 Å². The topological polar surface area (TPSA) is 69.7 Å². The van der Waals surface area contributed by atoms with Crippen molar-refractivity contribution in [2.24, 2.45) is 0 Å². The van der Waals surface area contributed by atoms with E-state index in [-0.39, 0.29) is 17.7 Å². The van der Waals surface area contributed by atoms with Crippen LogP contribution >= 0.6 is 0 Å². The van der Waals surface area contributed by atoms with Crippen LogP contribution in [0.2, 0.25) is 0 Å². The molecule has 0 radical (unpaired) electrons. The molecule has 0 aliphatic carbocycles. The molecule has 0 bridgehead atoms. The summed E-state index contributed by atoms with van der Waals surface area (Å²) in [5, 5.41) is 3.19. The molecule has 1 amide bonds. The van der Waals surface area contributed by atoms with Gasteiger partial charge in [0.1, 0.15) is 0 Å². The lowest BCUT2D eigenvalue weighted by Gasteiger charge is -2.35. The van der Waals surface area contributed by atoms with Crippen LogP contribution in [-0.2, 0) is 14.8 Å². The molecule has 0 spiro atoms. The Labute approximate surface area is 115 Å². The van der Waals surface area contributed by atoms with Crippen LogP contribution in [0.4, 0.5) is 0 Å². The summed E-state index contributed by atoms with van der Waals surface area (Å²) in [6.45, 7) is 4.66. The van der Waals surface area contributed by atoms with E-state index in [0.717, 1.165) is 19.4 Å². The van der Waals surface area contributed by atoms with Crippen LogP contribution in [0.15, 0.2) is 0 Å². The Hall–Kier alpha value is -0.660. The van der Waals surface area contributed by atoms with Crippen LogP contribution in [0.25, 0.3) is 0 Å². The number of hydrogen-bond acceptors (Lipinski definition) is 4. The minimum atomic E-state index is -3.12. The normalized spacial score (nSPS) is 25.7. The highest BCUT2D eigenvalue weighted by atomic mass is 32.2. The van der Waals surface area contributed by atoms with E-state index in [9.17, 15) is 13.2 Å². The Balaban J connectivity index is 1.87. The quantitative estimate of drug-likeness (QED) is 0.766. The standard InChI is InChI=1S/C12H23N3O3S/c1-2-10-19(17,18)15-8-6-14(7-9-15)12(16)11-4-3-5-13-11/h11,13H,2-10H2,1H3/t11-/m0/s1. The van der Waals surface area contributed by atoms with Crippen molar-refractivity contribution in [3.8, 4) is 0 Å². The third-order valence-electron chi connectivity index (χ3n) is 3.76. The Morgan fingerprint density at radius 3 is 2.47 bits per heavy atom. The van der Waals surface area contributed by atoms with Crippen molar-refractivity contribution in [1.29, 1.82) is 0 Å². The highest BCUT2D eigenvalue weighted by Crippen LogP contribution is 2.13. The first-order valence-electron chi connectivity index (χ1n) is 7.04. The Bertz CT molecular complexity index is 410. The number of amides is 1. The molecule has 7 heteroatoms. The summed E-state index contributed by atoms with van der Waals surface area (Å²) in [7, 11) is -3.12. The summed E-state index contributed by atoms with van der Waals surface area (Å²) in [6.07, 6.45) is 2.57. The van der Waals surface area contributed by atoms with Crippen LogP contribution in [0, 0.1) is 0 Å². The molecule has 110 valence electrons. The lowest BCUT2D eigenvalue weighted by Crippen LogP contribution is -2.54. The summed E-state index contributed by atoms with van der Waals surface area (Å²) in [6, 6.07) is -0.0567. The van der Waals surface area contributed by atoms with Crippen molar-refractivity contribution < 1.29 is 13.2 Å². The molecule has 2 rings (SSSR count). The van der Waals surface area contributed by atoms with Gasteiger partial charge in [0.25, 0.3) is 0 Å². The van der Waals surface area contributed by atoms with Crippen molar-refractivity contribution in [2.75, 3.05) is 38.5 Å². The third kappa shape index (κ3) is 3.46. The van der Waals surface area contributed by atoms with Crippen molar-refractivity contribution in [1.82, 2.24) is 14.5 Å². The van der Waals surface area contributed by atoms with E-state index in [0.29, 0.717) is 32.6 Å². The molecule has 0 unspecified atom stereocenters. The summed E-state index contributed by atoms with van der Waals surface area (Å²) in [5.41, 5.74) is 0. The SMILES string of the molecule is CCCS(=O)(=O)N1CCN(C(=O)[C@@H]2CCCN2)CC1. The first-order valence-corrected chi connectivity index (χ1v) is 8.65. The molecular formula is C12H23N3O3S. The fourth-order valence-electron chi connectivity index (χ4n) is 2.69. The largest absolute Gasteiger partial charge is 0.339 e. The van der Waals surface area contributed by atoms with E-state index < -0.39 is 10.0 Å². The monoisotopic (exact) mass is 289 g/mol. The summed E-state index contributed by atoms with van der Waals surface area (Å²) in [4.78, 5) is 14.0. The van der Waals surface area contributed by atoms with Crippen molar-refractivity contribution in [3.05, 3.63) is 0 Å². The van der Waals surface area contributed by atoms with Gasteiger partial charge in [0.05, 0.1) is 11.8 Å². The van der Waals surface area contributed by atoms with Gasteiger partial charge >= 0.3 is 0 Å². The van der Waals surface area contributed by atoms with Gasteiger partial charge in [-0.05, 0) is 25.8 Å². The predicted octanol–water partition coefficient (Wildman–Crippen LogP) is -0.378. The fourth-order valence-corrected chi connectivity index (χ4v) is 4.18. The number of carbonyl (C=O) groups excluding carboxylic acids is 1. The molecule has 1 atom stereocenters. The second-order valence-corrected chi connectivity index (χ2v) is 7.28. The van der Waals surface area contributed by atoms with Gasteiger partial charge < -0.3 is 10.2 Å². The number of piperazine rings is 1. The molecule has 1 N–H and O–H groups in total. The smallest absolute Gasteiger partial charge is 0.239 e. The lowest BCUT2D eigenvalue weighted by atomic mass is 10.2. The maximum atomic E-state index is 12.2. The zero-order valence-electron chi connectivity index (χ0n) is 11.5. The Kier molecular flexibility index (Phi) is 4.81. The number of nitrogens with zero attached hydrogens (tertiary/aromatic N) is 2. The summed E-state index contributed by atoms with van der Waals surface area (Å²) < 4.78 is 25.4. The van der Waals surface area contributed by atoms with Gasteiger partial charge in [-0.1, -0.05) is 6.92 Å². The molecule has 6 nitrogen and oxygen atoms in total. The zero-order chi connectivity index (χ0) is 13.9. The maximum absolute atomic E-state index is 12.2. The van der Waals surface area contributed by atoms with Crippen LogP contribution in [0.5, 0.6) is 0 Å². The average Bonchev–Trinajstić information content (AvgIpc) is 2.92. The van der Waals surface area contributed by atoms with Crippen molar-refractivity contribution in [3.63, 3.8) is 0 Å². The molecular weight excluding hydrogens is 266 g/mol. The van der Waals surface area contributed by atoms with Crippen molar-refractivity contribution >= 4 is 15.9 Å². The molecule has 2 aliphatic rings. The minimum absolute atomic E-state index is 0.0567. The predicted molar refractivity (Wildman–Crippen MR) is 73.3 cm³/mol. The number of hydrogen-bond donors (Lipinski definition) is 1. The molecule has 0 aromatic heterocycles. The number of nitrogens with one attached hydrogen (secondary N) is 1. The van der Waals surface area contributed by atoms with E-state index in [1.807, 2.05) is 6.92 Å². The van der Waals surface area contributed by atoms with Gasteiger partial charge in [0.15, 0.2) is 0 Å². The number of sulfonamides is 1. The molecule has 2 fully saturated rings. The van der Waals surface area contributed by atoms with Crippen LogP contribution in [0.1, 0.15) is 26.2 Å². The van der Waals surface area contributed by atoms with E-state index in [1.54, 1.807) is 4.90 Å². The van der Waals surface area contributed by atoms with Gasteiger partial charge in [0, 0.05) is 26.2 Å². The average molecular weight is 289 g/mol. The first kappa shape index (κ1) is 14.7. The lowest BCUT2D eigenvalue weighted by molar-refractivity contribution is -0.134. The number of rotatable bonds is 4. The summed E-state index contributed by atoms with van der Waals surface area (Å²) in [5.74, 6) is 0.329. The van der Waals surface area contributed by atoms with Gasteiger partial charge in [0.2, 0.25) is 15.9 Å². The molecule has 19 heavy (non-hydrogen) atoms. The van der Waals surface area contributed by atoms with E-state index in [4.69, 9.17) is 0 Å². The third-order valence-corrected chi connectivity index (χ3v) is 5.84. The van der Waals surface area contributed by atoms with Gasteiger partial charge in [-0.25, -0.2) is 8.42 Å². The number of carbonyl (C=O) groups is 1. The molecule has 2 aliphatic heterocycles.